The molecule has 9 aromatic carbocycles. The Bertz CT molecular complexity index is 4550. The lowest BCUT2D eigenvalue weighted by molar-refractivity contribution is 0.166. The first-order chi connectivity index (χ1) is 37.0. The molecule has 0 saturated heterocycles. The molecule has 19 rings (SSSR count). The molecule has 4 bridgehead atoms. The van der Waals surface area contributed by atoms with Crippen molar-refractivity contribution in [2.45, 2.75) is 90.9 Å². The fourth-order valence-electron chi connectivity index (χ4n) is 18.4. The van der Waals surface area contributed by atoms with Crippen LogP contribution in [0.3, 0.4) is 0 Å². The minimum absolute atomic E-state index is 0.123. The van der Waals surface area contributed by atoms with Gasteiger partial charge in [-0.25, -0.2) is 0 Å². The first-order valence-electron chi connectivity index (χ1n) is 28.2. The van der Waals surface area contributed by atoms with Gasteiger partial charge in [0.1, 0.15) is 0 Å². The molecule has 8 aliphatic rings. The molecule has 4 heterocycles. The molecule has 0 radical (unpaired) electrons. The zero-order chi connectivity index (χ0) is 50.5. The summed E-state index contributed by atoms with van der Waals surface area (Å²) in [5, 5.41) is 3.34. The fraction of sp³-hybridized carbons (Fsp3) is 0.225. The normalized spacial score (nSPS) is 19.8. The summed E-state index contributed by atoms with van der Waals surface area (Å²) in [7, 11) is 0. The van der Waals surface area contributed by atoms with Gasteiger partial charge in [-0.1, -0.05) is 120 Å². The molecule has 1 spiro atoms. The quantitative estimate of drug-likeness (QED) is 0.159. The molecule has 6 aliphatic carbocycles. The van der Waals surface area contributed by atoms with Gasteiger partial charge in [-0.2, -0.15) is 0 Å². The maximum atomic E-state index is 16.5. The zero-order valence-corrected chi connectivity index (χ0v) is 44.0. The molecular weight excluding hydrogens is 922 g/mol. The molecule has 4 nitrogen and oxygen atoms in total. The van der Waals surface area contributed by atoms with Crippen molar-refractivity contribution < 1.29 is 0 Å². The first-order valence-corrected chi connectivity index (χ1v) is 28.2. The van der Waals surface area contributed by atoms with Crippen molar-refractivity contribution in [1.29, 1.82) is 0 Å². The van der Waals surface area contributed by atoms with Gasteiger partial charge in [-0.05, 0) is 234 Å². The van der Waals surface area contributed by atoms with Gasteiger partial charge in [0.15, 0.2) is 0 Å². The SMILES string of the molecule is Cc1cc(C)c(-c2ccc3c(c2)c2cc(-c4c(C)cc(C)cc4C)cc4c2n3-c2cc3c(c5c2B4n2c(=O)c4cc6c(cc4n2-5)C2CC4CC(CC6C4)C2)C2(c4ccccc4-c4ccccc42)c2ccccc2-3)c(C)c1. The minimum atomic E-state index is -0.621. The van der Waals surface area contributed by atoms with Crippen LogP contribution >= 0.6 is 0 Å². The standard InChI is InChI=1S/C71H56BN3O/c1-36-21-38(3)64(39(4)22-36)44-19-20-61-53(30-44)55-31-47(65-40(5)23-37(2)24-41(65)6)32-60-68(55)73(61)63-35-54-50-15-9-12-18-59(50)71(57-16-10-7-13-48(57)49-14-8-11-17-58(49)71)66(54)69-67(63)72(60)75-70(76)56-33-51-45-26-42-25-43(27-45)29-46(28-42)52(51)34-62(56)74(69)75/h7-24,30-35,42-43,45-46H,25-29H2,1-6H3. The van der Waals surface area contributed by atoms with E-state index in [9.17, 15) is 0 Å². The van der Waals surface area contributed by atoms with Crippen LogP contribution in [0.4, 0.5) is 0 Å². The topological polar surface area (TPSA) is 31.9 Å². The predicted octanol–water partition coefficient (Wildman–Crippen LogP) is 15.1. The molecule has 0 N–H and O–H groups in total. The first kappa shape index (κ1) is 42.4. The van der Waals surface area contributed by atoms with E-state index in [4.69, 9.17) is 0 Å². The van der Waals surface area contributed by atoms with E-state index in [1.807, 2.05) is 0 Å². The Balaban J connectivity index is 1.04. The summed E-state index contributed by atoms with van der Waals surface area (Å²) in [6, 6.07) is 56.8. The monoisotopic (exact) mass is 977 g/mol. The Morgan fingerprint density at radius 3 is 1.64 bits per heavy atom. The van der Waals surface area contributed by atoms with Gasteiger partial charge >= 0.3 is 6.85 Å². The number of hydrogen-bond donors (Lipinski definition) is 0. The Kier molecular flexibility index (Phi) is 7.87. The van der Waals surface area contributed by atoms with Crippen molar-refractivity contribution in [2.75, 3.05) is 0 Å². The number of aryl methyl sites for hydroxylation is 6. The Morgan fingerprint density at radius 1 is 0.500 bits per heavy atom. The Labute approximate surface area is 443 Å². The molecule has 11 aromatic rings. The van der Waals surface area contributed by atoms with Crippen molar-refractivity contribution in [3.8, 4) is 55.9 Å². The summed E-state index contributed by atoms with van der Waals surface area (Å²) < 4.78 is 7.38. The number of aromatic nitrogens is 3. The predicted molar refractivity (Wildman–Crippen MR) is 313 cm³/mol. The summed E-state index contributed by atoms with van der Waals surface area (Å²) >= 11 is 0. The van der Waals surface area contributed by atoms with Crippen molar-refractivity contribution in [3.63, 3.8) is 0 Å². The van der Waals surface area contributed by atoms with Gasteiger partial charge in [0.25, 0.3) is 5.56 Å². The van der Waals surface area contributed by atoms with Crippen molar-refractivity contribution in [2.24, 2.45) is 11.8 Å². The lowest BCUT2D eigenvalue weighted by Crippen LogP contribution is -2.54. The molecule has 5 heteroatoms. The third-order valence-corrected chi connectivity index (χ3v) is 20.5. The molecule has 0 amide bonds. The fourth-order valence-corrected chi connectivity index (χ4v) is 18.4. The van der Waals surface area contributed by atoms with Crippen LogP contribution in [0, 0.1) is 53.4 Å². The van der Waals surface area contributed by atoms with Gasteiger partial charge in [-0.3, -0.25) is 14.1 Å². The molecule has 364 valence electrons. The van der Waals surface area contributed by atoms with E-state index in [1.54, 1.807) is 0 Å². The molecule has 2 aliphatic heterocycles. The maximum absolute atomic E-state index is 16.5. The van der Waals surface area contributed by atoms with Crippen LogP contribution in [0.2, 0.25) is 0 Å². The van der Waals surface area contributed by atoms with Crippen LogP contribution in [0.25, 0.3) is 88.6 Å². The van der Waals surface area contributed by atoms with E-state index in [0.717, 1.165) is 22.7 Å². The van der Waals surface area contributed by atoms with E-state index >= 15 is 4.79 Å². The average Bonchev–Trinajstić information content (AvgIpc) is 4.35. The van der Waals surface area contributed by atoms with Gasteiger partial charge in [0.05, 0.1) is 33.0 Å². The van der Waals surface area contributed by atoms with Crippen LogP contribution in [0.5, 0.6) is 0 Å². The highest BCUT2D eigenvalue weighted by Crippen LogP contribution is 2.65. The molecule has 2 atom stereocenters. The van der Waals surface area contributed by atoms with E-state index in [-0.39, 0.29) is 12.4 Å². The van der Waals surface area contributed by atoms with Crippen molar-refractivity contribution >= 4 is 50.5 Å². The summed E-state index contributed by atoms with van der Waals surface area (Å²) in [5.41, 5.74) is 33.8. The highest BCUT2D eigenvalue weighted by atomic mass is 16.1. The number of nitrogens with zero attached hydrogens (tertiary/aromatic N) is 3. The lowest BCUT2D eigenvalue weighted by Gasteiger charge is -2.38. The maximum Gasteiger partial charge on any atom is 0.357 e. The molecule has 2 unspecified atom stereocenters. The zero-order valence-electron chi connectivity index (χ0n) is 44.0. The summed E-state index contributed by atoms with van der Waals surface area (Å²) in [6.45, 7) is 13.1. The highest BCUT2D eigenvalue weighted by Gasteiger charge is 2.57. The third kappa shape index (κ3) is 4.94. The third-order valence-electron chi connectivity index (χ3n) is 20.5. The molecule has 2 saturated carbocycles. The molecular formula is C71H56BN3O. The van der Waals surface area contributed by atoms with Gasteiger partial charge < -0.3 is 4.57 Å². The minimum Gasteiger partial charge on any atom is -0.310 e. The number of fused-ring (bicyclic) bond motifs is 21. The average molecular weight is 978 g/mol. The summed E-state index contributed by atoms with van der Waals surface area (Å²) in [6.07, 6.45) is 6.46. The highest BCUT2D eigenvalue weighted by molar-refractivity contribution is 6.89. The summed E-state index contributed by atoms with van der Waals surface area (Å²) in [5.74, 6) is 2.64. The van der Waals surface area contributed by atoms with Crippen LogP contribution in [0.1, 0.15) is 111 Å². The van der Waals surface area contributed by atoms with Crippen molar-refractivity contribution in [3.05, 3.63) is 223 Å². The van der Waals surface area contributed by atoms with Crippen LogP contribution < -0.4 is 16.5 Å². The molecule has 2 fully saturated rings. The van der Waals surface area contributed by atoms with E-state index < -0.39 is 5.41 Å². The number of rotatable bonds is 2. The second-order valence-corrected chi connectivity index (χ2v) is 24.7. The second kappa shape index (κ2) is 14.1. The Hall–Kier alpha value is -7.89. The largest absolute Gasteiger partial charge is 0.357 e. The number of benzene rings is 9. The Morgan fingerprint density at radius 2 is 1.04 bits per heavy atom. The van der Waals surface area contributed by atoms with Crippen LogP contribution in [-0.2, 0) is 5.41 Å². The van der Waals surface area contributed by atoms with E-state index in [0.29, 0.717) is 11.8 Å². The second-order valence-electron chi connectivity index (χ2n) is 24.7. The lowest BCUT2D eigenvalue weighted by atomic mass is 9.48. The van der Waals surface area contributed by atoms with E-state index in [1.165, 1.54) is 187 Å². The number of hydrogen-bond acceptors (Lipinski definition) is 1. The van der Waals surface area contributed by atoms with Crippen LogP contribution in [-0.4, -0.2) is 20.7 Å². The smallest absolute Gasteiger partial charge is 0.310 e. The van der Waals surface area contributed by atoms with Gasteiger partial charge in [0.2, 0.25) is 0 Å². The molecule has 2 aromatic heterocycles. The van der Waals surface area contributed by atoms with Gasteiger partial charge in [0, 0.05) is 27.5 Å². The molecule has 76 heavy (non-hydrogen) atoms. The van der Waals surface area contributed by atoms with Gasteiger partial charge in [-0.15, -0.1) is 0 Å². The van der Waals surface area contributed by atoms with E-state index in [2.05, 4.69) is 201 Å². The van der Waals surface area contributed by atoms with Crippen molar-refractivity contribution in [1.82, 2.24) is 13.8 Å². The van der Waals surface area contributed by atoms with Crippen LogP contribution in [0.15, 0.2) is 150 Å². The summed E-state index contributed by atoms with van der Waals surface area (Å²) in [4.78, 5) is 16.5.